The van der Waals surface area contributed by atoms with Gasteiger partial charge in [-0.3, -0.25) is 4.79 Å². The molecule has 1 aliphatic rings. The fraction of sp³-hybridized carbons (Fsp3) is 0.375. The summed E-state index contributed by atoms with van der Waals surface area (Å²) in [4.78, 5) is 21.9. The van der Waals surface area contributed by atoms with Crippen LogP contribution in [0.25, 0.3) is 0 Å². The quantitative estimate of drug-likeness (QED) is 0.640. The summed E-state index contributed by atoms with van der Waals surface area (Å²) in [6.07, 6.45) is 6.15. The number of thioether (sulfide) groups is 1. The van der Waals surface area contributed by atoms with Crippen LogP contribution in [0.1, 0.15) is 39.8 Å². The highest BCUT2D eigenvalue weighted by atomic mass is 35.5. The lowest BCUT2D eigenvalue weighted by molar-refractivity contribution is 0.102. The summed E-state index contributed by atoms with van der Waals surface area (Å²) in [6, 6.07) is 2.24. The van der Waals surface area contributed by atoms with Crippen LogP contribution in [0.15, 0.2) is 11.4 Å². The van der Waals surface area contributed by atoms with Gasteiger partial charge in [-0.15, -0.1) is 11.3 Å². The molecule has 0 spiro atoms. The van der Waals surface area contributed by atoms with Crippen LogP contribution in [0.3, 0.4) is 0 Å². The molecule has 8 heteroatoms. The van der Waals surface area contributed by atoms with Crippen molar-refractivity contribution >= 4 is 45.6 Å². The minimum Gasteiger partial charge on any atom is -0.311 e. The number of hydrogen-bond acceptors (Lipinski definition) is 6. The monoisotopic (exact) mass is 378 g/mol. The smallest absolute Gasteiger partial charge is 0.276 e. The number of anilines is 1. The molecule has 3 rings (SSSR count). The Labute approximate surface area is 153 Å². The largest absolute Gasteiger partial charge is 0.311 e. The van der Waals surface area contributed by atoms with Gasteiger partial charge in [0.2, 0.25) is 0 Å². The van der Waals surface area contributed by atoms with Gasteiger partial charge in [0, 0.05) is 4.88 Å². The molecule has 1 unspecified atom stereocenters. The third-order valence-electron chi connectivity index (χ3n) is 3.97. The van der Waals surface area contributed by atoms with Crippen LogP contribution in [0.4, 0.5) is 5.00 Å². The summed E-state index contributed by atoms with van der Waals surface area (Å²) in [5, 5.41) is 13.6. The number of thiophene rings is 1. The number of aromatic nitrogens is 2. The first kappa shape index (κ1) is 17.2. The molecule has 5 nitrogen and oxygen atoms in total. The van der Waals surface area contributed by atoms with E-state index >= 15 is 0 Å². The molecule has 0 saturated heterocycles. The van der Waals surface area contributed by atoms with Crippen molar-refractivity contribution in [2.75, 3.05) is 11.6 Å². The average Bonchev–Trinajstić information content (AvgIpc) is 2.91. The topological polar surface area (TPSA) is 78.7 Å². The number of nitriles is 1. The molecule has 0 fully saturated rings. The highest BCUT2D eigenvalue weighted by molar-refractivity contribution is 7.98. The normalized spacial score (nSPS) is 16.3. The van der Waals surface area contributed by atoms with Crippen molar-refractivity contribution in [3.63, 3.8) is 0 Å². The second-order valence-electron chi connectivity index (χ2n) is 5.68. The second-order valence-corrected chi connectivity index (χ2v) is 7.96. The number of nitrogens with zero attached hydrogens (tertiary/aromatic N) is 3. The van der Waals surface area contributed by atoms with Gasteiger partial charge in [-0.05, 0) is 37.0 Å². The molecular formula is C16H15ClN4OS2. The molecule has 2 aromatic rings. The van der Waals surface area contributed by atoms with Gasteiger partial charge in [-0.1, -0.05) is 30.3 Å². The van der Waals surface area contributed by atoms with Crippen LogP contribution in [-0.2, 0) is 12.8 Å². The first-order valence-corrected chi connectivity index (χ1v) is 9.88. The highest BCUT2D eigenvalue weighted by Crippen LogP contribution is 2.39. The predicted molar refractivity (Wildman–Crippen MR) is 97.0 cm³/mol. The van der Waals surface area contributed by atoms with E-state index in [-0.39, 0.29) is 10.7 Å². The maximum absolute atomic E-state index is 12.6. The molecule has 0 aliphatic heterocycles. The van der Waals surface area contributed by atoms with Crippen LogP contribution in [0.5, 0.6) is 0 Å². The van der Waals surface area contributed by atoms with Crippen LogP contribution in [-0.4, -0.2) is 22.1 Å². The van der Waals surface area contributed by atoms with Crippen LogP contribution in [0, 0.1) is 17.2 Å². The van der Waals surface area contributed by atoms with E-state index in [1.54, 1.807) is 0 Å². The standard InChI is InChI=1S/C16H15ClN4OS2/c1-8-3-4-9-10(6-18)15(24-12(9)5-8)21-14(22)13-11(17)7-19-16(20-13)23-2/h7-8H,3-5H2,1-2H3,(H,21,22). The van der Waals surface area contributed by atoms with E-state index in [4.69, 9.17) is 11.6 Å². The molecule has 124 valence electrons. The zero-order valence-corrected chi connectivity index (χ0v) is 15.6. The van der Waals surface area contributed by atoms with Crippen molar-refractivity contribution in [2.45, 2.75) is 31.3 Å². The van der Waals surface area contributed by atoms with Crippen molar-refractivity contribution in [2.24, 2.45) is 5.92 Å². The third kappa shape index (κ3) is 3.27. The van der Waals surface area contributed by atoms with Gasteiger partial charge in [0.1, 0.15) is 11.1 Å². The molecule has 1 atom stereocenters. The third-order valence-corrected chi connectivity index (χ3v) is 5.98. The number of amides is 1. The Hall–Kier alpha value is -1.62. The zero-order chi connectivity index (χ0) is 17.3. The summed E-state index contributed by atoms with van der Waals surface area (Å²) in [6.45, 7) is 2.21. The van der Waals surface area contributed by atoms with E-state index in [0.29, 0.717) is 21.6 Å². The lowest BCUT2D eigenvalue weighted by Crippen LogP contribution is -2.15. The van der Waals surface area contributed by atoms with E-state index in [2.05, 4.69) is 28.3 Å². The molecule has 24 heavy (non-hydrogen) atoms. The lowest BCUT2D eigenvalue weighted by atomic mass is 9.89. The molecule has 0 saturated carbocycles. The highest BCUT2D eigenvalue weighted by Gasteiger charge is 2.25. The summed E-state index contributed by atoms with van der Waals surface area (Å²) in [7, 11) is 0. The van der Waals surface area contributed by atoms with Crippen LogP contribution in [0.2, 0.25) is 5.02 Å². The summed E-state index contributed by atoms with van der Waals surface area (Å²) in [5.41, 5.74) is 1.78. The van der Waals surface area contributed by atoms with E-state index in [9.17, 15) is 10.1 Å². The second kappa shape index (κ2) is 7.09. The molecule has 0 radical (unpaired) electrons. The van der Waals surface area contributed by atoms with Crippen molar-refractivity contribution in [1.29, 1.82) is 5.26 Å². The summed E-state index contributed by atoms with van der Waals surface area (Å²) < 4.78 is 0. The fourth-order valence-electron chi connectivity index (χ4n) is 2.73. The Balaban J connectivity index is 1.92. The SMILES string of the molecule is CSc1ncc(Cl)c(C(=O)Nc2sc3c(c2C#N)CCC(C)C3)n1. The number of rotatable bonds is 3. The molecular weight excluding hydrogens is 364 g/mol. The molecule has 0 aromatic carbocycles. The fourth-order valence-corrected chi connectivity index (χ4v) is 4.60. The summed E-state index contributed by atoms with van der Waals surface area (Å²) >= 11 is 8.87. The van der Waals surface area contributed by atoms with Gasteiger partial charge in [-0.2, -0.15) is 5.26 Å². The Morgan fingerprint density at radius 3 is 3.08 bits per heavy atom. The predicted octanol–water partition coefficient (Wildman–Crippen LogP) is 4.16. The number of hydrogen-bond donors (Lipinski definition) is 1. The summed E-state index contributed by atoms with van der Waals surface area (Å²) in [5.74, 6) is 0.188. The molecule has 1 aliphatic carbocycles. The number of fused-ring (bicyclic) bond motifs is 1. The van der Waals surface area contributed by atoms with Crippen molar-refractivity contribution in [3.8, 4) is 6.07 Å². The molecule has 1 N–H and O–H groups in total. The Morgan fingerprint density at radius 1 is 1.58 bits per heavy atom. The van der Waals surface area contributed by atoms with Gasteiger partial charge in [-0.25, -0.2) is 9.97 Å². The van der Waals surface area contributed by atoms with E-state index in [0.717, 1.165) is 24.8 Å². The van der Waals surface area contributed by atoms with Crippen LogP contribution >= 0.6 is 34.7 Å². The number of nitrogens with one attached hydrogen (secondary N) is 1. The van der Waals surface area contributed by atoms with Gasteiger partial charge >= 0.3 is 0 Å². The Kier molecular flexibility index (Phi) is 5.09. The molecule has 1 amide bonds. The Morgan fingerprint density at radius 2 is 2.38 bits per heavy atom. The lowest BCUT2D eigenvalue weighted by Gasteiger charge is -2.17. The molecule has 2 aromatic heterocycles. The number of halogens is 1. The van der Waals surface area contributed by atoms with E-state index < -0.39 is 5.91 Å². The number of carbonyl (C=O) groups excluding carboxylic acids is 1. The first-order valence-electron chi connectivity index (χ1n) is 7.46. The van der Waals surface area contributed by atoms with Crippen molar-refractivity contribution in [3.05, 3.63) is 32.9 Å². The number of carbonyl (C=O) groups is 1. The van der Waals surface area contributed by atoms with Gasteiger partial charge in [0.25, 0.3) is 5.91 Å². The Bertz CT molecular complexity index is 843. The maximum atomic E-state index is 12.6. The maximum Gasteiger partial charge on any atom is 0.276 e. The zero-order valence-electron chi connectivity index (χ0n) is 13.2. The minimum atomic E-state index is -0.416. The van der Waals surface area contributed by atoms with E-state index in [1.165, 1.54) is 34.2 Å². The average molecular weight is 379 g/mol. The van der Waals surface area contributed by atoms with Crippen molar-refractivity contribution in [1.82, 2.24) is 9.97 Å². The minimum absolute atomic E-state index is 0.125. The molecule has 0 bridgehead atoms. The van der Waals surface area contributed by atoms with Gasteiger partial charge < -0.3 is 5.32 Å². The van der Waals surface area contributed by atoms with Crippen LogP contribution < -0.4 is 5.32 Å². The van der Waals surface area contributed by atoms with E-state index in [1.807, 2.05) is 6.26 Å². The van der Waals surface area contributed by atoms with Crippen molar-refractivity contribution < 1.29 is 4.79 Å². The first-order chi connectivity index (χ1) is 11.5. The van der Waals surface area contributed by atoms with Gasteiger partial charge in [0.05, 0.1) is 16.8 Å². The molecule has 2 heterocycles. The van der Waals surface area contributed by atoms with Gasteiger partial charge in [0.15, 0.2) is 10.9 Å².